The molecule has 0 heterocycles. The summed E-state index contributed by atoms with van der Waals surface area (Å²) in [5, 5.41) is 0. The van der Waals surface area contributed by atoms with E-state index in [0.29, 0.717) is 12.8 Å². The molecule has 15 heavy (non-hydrogen) atoms. The number of ether oxygens (including phenoxy) is 2. The van der Waals surface area contributed by atoms with Crippen molar-refractivity contribution in [3.05, 3.63) is 0 Å². The zero-order valence-corrected chi connectivity index (χ0v) is 10.8. The quantitative estimate of drug-likeness (QED) is 0.588. The third kappa shape index (κ3) is 4.82. The van der Waals surface area contributed by atoms with Gasteiger partial charge in [0.05, 0.1) is 6.61 Å². The molecule has 0 N–H and O–H groups in total. The second kappa shape index (κ2) is 4.28. The minimum Gasteiger partial charge on any atom is -0.434 e. The number of carbonyl (C=O) groups excluding carboxylic acids is 1. The predicted octanol–water partition coefficient (Wildman–Crippen LogP) is 3.41. The summed E-state index contributed by atoms with van der Waals surface area (Å²) in [6.07, 6.45) is 0.327. The molecule has 0 aromatic carbocycles. The molecule has 0 aromatic heterocycles. The van der Waals surface area contributed by atoms with Gasteiger partial charge in [0.2, 0.25) is 0 Å². The standard InChI is InChI=1S/C10H16BrFO3/c1-9(2,3)15-8(13)14-5-4-7-6-10(7,11)12/h7H,4-6H2,1-3H3. The van der Waals surface area contributed by atoms with E-state index in [1.54, 1.807) is 20.8 Å². The van der Waals surface area contributed by atoms with Crippen molar-refractivity contribution in [2.75, 3.05) is 6.61 Å². The van der Waals surface area contributed by atoms with Gasteiger partial charge in [-0.3, -0.25) is 0 Å². The summed E-state index contributed by atoms with van der Waals surface area (Å²) < 4.78 is 21.5. The number of alkyl halides is 2. The first-order valence-corrected chi connectivity index (χ1v) is 5.73. The van der Waals surface area contributed by atoms with Crippen LogP contribution in [0, 0.1) is 5.92 Å². The molecular formula is C10H16BrFO3. The lowest BCUT2D eigenvalue weighted by Crippen LogP contribution is -2.24. The molecule has 0 saturated heterocycles. The van der Waals surface area contributed by atoms with Gasteiger partial charge >= 0.3 is 6.16 Å². The molecule has 0 aliphatic heterocycles. The number of carbonyl (C=O) groups is 1. The highest BCUT2D eigenvalue weighted by atomic mass is 79.9. The van der Waals surface area contributed by atoms with E-state index in [2.05, 4.69) is 15.9 Å². The number of rotatable bonds is 3. The van der Waals surface area contributed by atoms with E-state index in [0.717, 1.165) is 0 Å². The summed E-state index contributed by atoms with van der Waals surface area (Å²) in [6.45, 7) is 5.50. The van der Waals surface area contributed by atoms with Gasteiger partial charge in [-0.2, -0.15) is 0 Å². The van der Waals surface area contributed by atoms with Gasteiger partial charge < -0.3 is 9.47 Å². The Labute approximate surface area is 97.4 Å². The van der Waals surface area contributed by atoms with Crippen molar-refractivity contribution in [3.8, 4) is 0 Å². The second-order valence-corrected chi connectivity index (χ2v) is 6.08. The number of hydrogen-bond donors (Lipinski definition) is 0. The molecule has 0 aromatic rings. The molecule has 88 valence electrons. The average molecular weight is 283 g/mol. The Hall–Kier alpha value is -0.320. The first kappa shape index (κ1) is 12.7. The molecule has 1 rings (SSSR count). The first-order chi connectivity index (χ1) is 6.71. The van der Waals surface area contributed by atoms with E-state index in [4.69, 9.17) is 9.47 Å². The zero-order chi connectivity index (χ0) is 11.7. The highest BCUT2D eigenvalue weighted by Gasteiger charge is 2.52. The molecule has 0 bridgehead atoms. The highest BCUT2D eigenvalue weighted by Crippen LogP contribution is 2.54. The fourth-order valence-electron chi connectivity index (χ4n) is 1.15. The van der Waals surface area contributed by atoms with E-state index < -0.39 is 16.3 Å². The van der Waals surface area contributed by atoms with Crippen LogP contribution in [0.2, 0.25) is 0 Å². The van der Waals surface area contributed by atoms with Gasteiger partial charge in [-0.05, 0) is 49.5 Å². The molecule has 0 radical (unpaired) electrons. The summed E-state index contributed by atoms with van der Waals surface area (Å²) in [7, 11) is 0. The van der Waals surface area contributed by atoms with E-state index in [-0.39, 0.29) is 12.5 Å². The Balaban J connectivity index is 2.08. The monoisotopic (exact) mass is 282 g/mol. The van der Waals surface area contributed by atoms with Crippen molar-refractivity contribution >= 4 is 22.1 Å². The van der Waals surface area contributed by atoms with Crippen LogP contribution in [0.15, 0.2) is 0 Å². The van der Waals surface area contributed by atoms with Crippen LogP contribution in [0.4, 0.5) is 9.18 Å². The lowest BCUT2D eigenvalue weighted by molar-refractivity contribution is -0.00824. The largest absolute Gasteiger partial charge is 0.508 e. The summed E-state index contributed by atoms with van der Waals surface area (Å²) in [6, 6.07) is 0. The highest BCUT2D eigenvalue weighted by molar-refractivity contribution is 9.10. The van der Waals surface area contributed by atoms with Crippen LogP contribution in [-0.2, 0) is 9.47 Å². The molecule has 2 unspecified atom stereocenters. The molecule has 1 aliphatic rings. The third-order valence-corrected chi connectivity index (χ3v) is 3.00. The van der Waals surface area contributed by atoms with Gasteiger partial charge in [-0.1, -0.05) is 0 Å². The molecule has 0 spiro atoms. The normalized spacial score (nSPS) is 29.8. The topological polar surface area (TPSA) is 35.5 Å². The van der Waals surface area contributed by atoms with Gasteiger partial charge in [0.15, 0.2) is 4.58 Å². The van der Waals surface area contributed by atoms with Crippen LogP contribution in [0.5, 0.6) is 0 Å². The Morgan fingerprint density at radius 1 is 1.60 bits per heavy atom. The van der Waals surface area contributed by atoms with Crippen molar-refractivity contribution in [1.82, 2.24) is 0 Å². The predicted molar refractivity (Wildman–Crippen MR) is 57.7 cm³/mol. The molecule has 1 aliphatic carbocycles. The van der Waals surface area contributed by atoms with Crippen LogP contribution in [0.3, 0.4) is 0 Å². The lowest BCUT2D eigenvalue weighted by Gasteiger charge is -2.18. The SMILES string of the molecule is CC(C)(C)OC(=O)OCCC1CC1(F)Br. The van der Waals surface area contributed by atoms with E-state index in [9.17, 15) is 9.18 Å². The molecule has 3 nitrogen and oxygen atoms in total. The Morgan fingerprint density at radius 2 is 2.13 bits per heavy atom. The number of halogens is 2. The minimum atomic E-state index is -1.23. The second-order valence-electron chi connectivity index (χ2n) is 4.76. The van der Waals surface area contributed by atoms with E-state index >= 15 is 0 Å². The van der Waals surface area contributed by atoms with Crippen LogP contribution in [0.1, 0.15) is 33.6 Å². The van der Waals surface area contributed by atoms with Crippen molar-refractivity contribution in [3.63, 3.8) is 0 Å². The Morgan fingerprint density at radius 3 is 2.53 bits per heavy atom. The van der Waals surface area contributed by atoms with Gasteiger partial charge in [0.1, 0.15) is 5.60 Å². The fraction of sp³-hybridized carbons (Fsp3) is 0.900. The zero-order valence-electron chi connectivity index (χ0n) is 9.18. The summed E-state index contributed by atoms with van der Waals surface area (Å²) >= 11 is 2.93. The van der Waals surface area contributed by atoms with Crippen molar-refractivity contribution in [2.45, 2.75) is 43.8 Å². The summed E-state index contributed by atoms with van der Waals surface area (Å²) in [5.41, 5.74) is -0.546. The molecule has 5 heteroatoms. The molecule has 1 saturated carbocycles. The Kier molecular flexibility index (Phi) is 3.63. The van der Waals surface area contributed by atoms with Gasteiger partial charge in [-0.15, -0.1) is 0 Å². The lowest BCUT2D eigenvalue weighted by atomic mass is 10.2. The summed E-state index contributed by atoms with van der Waals surface area (Å²) in [4.78, 5) is 11.1. The molecule has 2 atom stereocenters. The minimum absolute atomic E-state index is 0.0417. The maximum absolute atomic E-state index is 13.0. The first-order valence-electron chi connectivity index (χ1n) is 4.94. The average Bonchev–Trinajstić information content (AvgIpc) is 2.54. The fourth-order valence-corrected chi connectivity index (χ4v) is 1.77. The van der Waals surface area contributed by atoms with Crippen LogP contribution in [-0.4, -0.2) is 22.9 Å². The molecule has 0 amide bonds. The Bertz CT molecular complexity index is 248. The smallest absolute Gasteiger partial charge is 0.434 e. The van der Waals surface area contributed by atoms with Crippen LogP contribution >= 0.6 is 15.9 Å². The van der Waals surface area contributed by atoms with E-state index in [1.165, 1.54) is 0 Å². The third-order valence-electron chi connectivity index (χ3n) is 2.03. The van der Waals surface area contributed by atoms with Gasteiger partial charge in [-0.25, -0.2) is 9.18 Å². The van der Waals surface area contributed by atoms with Gasteiger partial charge in [0.25, 0.3) is 0 Å². The maximum Gasteiger partial charge on any atom is 0.508 e. The van der Waals surface area contributed by atoms with Crippen molar-refractivity contribution in [1.29, 1.82) is 0 Å². The number of hydrogen-bond acceptors (Lipinski definition) is 3. The van der Waals surface area contributed by atoms with Gasteiger partial charge in [0, 0.05) is 5.92 Å². The van der Waals surface area contributed by atoms with Crippen molar-refractivity contribution < 1.29 is 18.7 Å². The molecular weight excluding hydrogens is 267 g/mol. The van der Waals surface area contributed by atoms with Crippen LogP contribution in [0.25, 0.3) is 0 Å². The molecule has 1 fully saturated rings. The van der Waals surface area contributed by atoms with Crippen molar-refractivity contribution in [2.24, 2.45) is 5.92 Å². The maximum atomic E-state index is 13.0. The summed E-state index contributed by atoms with van der Waals surface area (Å²) in [5.74, 6) is -0.0417. The van der Waals surface area contributed by atoms with Crippen LogP contribution < -0.4 is 0 Å². The van der Waals surface area contributed by atoms with E-state index in [1.807, 2.05) is 0 Å².